The third-order valence-corrected chi connectivity index (χ3v) is 3.23. The van der Waals surface area contributed by atoms with Crippen LogP contribution in [0.3, 0.4) is 0 Å². The van der Waals surface area contributed by atoms with Crippen LogP contribution in [0.1, 0.15) is 19.4 Å². The van der Waals surface area contributed by atoms with Gasteiger partial charge in [-0.05, 0) is 37.6 Å². The zero-order valence-electron chi connectivity index (χ0n) is 9.59. The van der Waals surface area contributed by atoms with Gasteiger partial charge in [-0.25, -0.2) is 0 Å². The molecule has 0 aliphatic carbocycles. The maximum absolute atomic E-state index is 5.94. The van der Waals surface area contributed by atoms with Crippen molar-refractivity contribution in [3.63, 3.8) is 0 Å². The highest BCUT2D eigenvalue weighted by atomic mass is 79.9. The smallest absolute Gasteiger partial charge is 0.0616 e. The standard InChI is InChI=1S/C12H17BrClNO/c1-3-16-8-9(2)15-7-10-6-11(14)4-5-12(10)13/h4-6,9,15H,3,7-8H2,1-2H3. The summed E-state index contributed by atoms with van der Waals surface area (Å²) in [5.74, 6) is 0. The fourth-order valence-electron chi connectivity index (χ4n) is 1.32. The number of ether oxygens (including phenoxy) is 1. The van der Waals surface area contributed by atoms with Gasteiger partial charge in [0.25, 0.3) is 0 Å². The Morgan fingerprint density at radius 1 is 1.50 bits per heavy atom. The van der Waals surface area contributed by atoms with E-state index in [-0.39, 0.29) is 0 Å². The van der Waals surface area contributed by atoms with Crippen molar-refractivity contribution < 1.29 is 4.74 Å². The van der Waals surface area contributed by atoms with Crippen LogP contribution in [-0.2, 0) is 11.3 Å². The molecule has 1 unspecified atom stereocenters. The van der Waals surface area contributed by atoms with Crippen LogP contribution in [0.25, 0.3) is 0 Å². The molecule has 90 valence electrons. The average Bonchev–Trinajstić information content (AvgIpc) is 2.27. The summed E-state index contributed by atoms with van der Waals surface area (Å²) >= 11 is 9.45. The fraction of sp³-hybridized carbons (Fsp3) is 0.500. The molecule has 1 aromatic rings. The molecular weight excluding hydrogens is 289 g/mol. The van der Waals surface area contributed by atoms with Crippen molar-refractivity contribution in [3.05, 3.63) is 33.3 Å². The number of benzene rings is 1. The normalized spacial score (nSPS) is 12.8. The summed E-state index contributed by atoms with van der Waals surface area (Å²) < 4.78 is 6.41. The molecule has 0 aromatic heterocycles. The van der Waals surface area contributed by atoms with Crippen molar-refractivity contribution >= 4 is 27.5 Å². The van der Waals surface area contributed by atoms with Crippen LogP contribution in [0, 0.1) is 0 Å². The van der Waals surface area contributed by atoms with Gasteiger partial charge in [0.05, 0.1) is 6.61 Å². The van der Waals surface area contributed by atoms with Gasteiger partial charge in [-0.1, -0.05) is 27.5 Å². The summed E-state index contributed by atoms with van der Waals surface area (Å²) in [6, 6.07) is 6.14. The molecule has 1 N–H and O–H groups in total. The third kappa shape index (κ3) is 4.83. The predicted molar refractivity (Wildman–Crippen MR) is 71.9 cm³/mol. The number of nitrogens with one attached hydrogen (secondary N) is 1. The van der Waals surface area contributed by atoms with E-state index in [9.17, 15) is 0 Å². The molecular formula is C12H17BrClNO. The van der Waals surface area contributed by atoms with Crippen LogP contribution >= 0.6 is 27.5 Å². The van der Waals surface area contributed by atoms with Crippen molar-refractivity contribution in [3.8, 4) is 0 Å². The monoisotopic (exact) mass is 305 g/mol. The summed E-state index contributed by atoms with van der Waals surface area (Å²) in [5, 5.41) is 4.15. The molecule has 4 heteroatoms. The van der Waals surface area contributed by atoms with Gasteiger partial charge in [0, 0.05) is 28.7 Å². The molecule has 0 fully saturated rings. The third-order valence-electron chi connectivity index (χ3n) is 2.22. The Morgan fingerprint density at radius 3 is 2.94 bits per heavy atom. The first-order valence-electron chi connectivity index (χ1n) is 5.38. The Kier molecular flexibility index (Phi) is 6.36. The molecule has 0 saturated carbocycles. The molecule has 0 radical (unpaired) electrons. The molecule has 0 aliphatic rings. The van der Waals surface area contributed by atoms with E-state index < -0.39 is 0 Å². The Bertz CT molecular complexity index is 333. The second-order valence-electron chi connectivity index (χ2n) is 3.68. The minimum Gasteiger partial charge on any atom is -0.380 e. The lowest BCUT2D eigenvalue weighted by Gasteiger charge is -2.14. The summed E-state index contributed by atoms with van der Waals surface area (Å²) in [6.45, 7) is 6.38. The second kappa shape index (κ2) is 7.28. The SMILES string of the molecule is CCOCC(C)NCc1cc(Cl)ccc1Br. The molecule has 0 aliphatic heterocycles. The number of hydrogen-bond donors (Lipinski definition) is 1. The number of rotatable bonds is 6. The molecule has 1 aromatic carbocycles. The molecule has 0 heterocycles. The van der Waals surface area contributed by atoms with Crippen molar-refractivity contribution in [2.45, 2.75) is 26.4 Å². The van der Waals surface area contributed by atoms with Gasteiger partial charge in [-0.3, -0.25) is 0 Å². The molecule has 2 nitrogen and oxygen atoms in total. The zero-order valence-corrected chi connectivity index (χ0v) is 11.9. The minimum absolute atomic E-state index is 0.339. The van der Waals surface area contributed by atoms with Gasteiger partial charge in [0.1, 0.15) is 0 Å². The lowest BCUT2D eigenvalue weighted by atomic mass is 10.2. The number of hydrogen-bond acceptors (Lipinski definition) is 2. The lowest BCUT2D eigenvalue weighted by Crippen LogP contribution is -2.30. The fourth-order valence-corrected chi connectivity index (χ4v) is 1.90. The first kappa shape index (κ1) is 14.0. The second-order valence-corrected chi connectivity index (χ2v) is 4.97. The van der Waals surface area contributed by atoms with E-state index in [0.29, 0.717) is 6.04 Å². The van der Waals surface area contributed by atoms with Gasteiger partial charge in [0.2, 0.25) is 0 Å². The van der Waals surface area contributed by atoms with E-state index in [4.69, 9.17) is 16.3 Å². The molecule has 0 amide bonds. The van der Waals surface area contributed by atoms with Crippen molar-refractivity contribution in [1.82, 2.24) is 5.32 Å². The Hall–Kier alpha value is -0.0900. The maximum Gasteiger partial charge on any atom is 0.0616 e. The van der Waals surface area contributed by atoms with Gasteiger partial charge >= 0.3 is 0 Å². The van der Waals surface area contributed by atoms with Gasteiger partial charge < -0.3 is 10.1 Å². The lowest BCUT2D eigenvalue weighted by molar-refractivity contribution is 0.127. The van der Waals surface area contributed by atoms with Crippen molar-refractivity contribution in [1.29, 1.82) is 0 Å². The maximum atomic E-state index is 5.94. The van der Waals surface area contributed by atoms with Gasteiger partial charge in [0.15, 0.2) is 0 Å². The van der Waals surface area contributed by atoms with E-state index in [1.54, 1.807) is 0 Å². The largest absolute Gasteiger partial charge is 0.380 e. The predicted octanol–water partition coefficient (Wildman–Crippen LogP) is 3.62. The molecule has 0 saturated heterocycles. The molecule has 0 spiro atoms. The summed E-state index contributed by atoms with van der Waals surface area (Å²) in [6.07, 6.45) is 0. The zero-order chi connectivity index (χ0) is 12.0. The van der Waals surface area contributed by atoms with Gasteiger partial charge in [-0.15, -0.1) is 0 Å². The molecule has 1 atom stereocenters. The van der Waals surface area contributed by atoms with E-state index in [1.165, 1.54) is 0 Å². The highest BCUT2D eigenvalue weighted by Gasteiger charge is 2.04. The Labute approximate surface area is 110 Å². The topological polar surface area (TPSA) is 21.3 Å². The molecule has 16 heavy (non-hydrogen) atoms. The van der Waals surface area contributed by atoms with Crippen LogP contribution in [0.15, 0.2) is 22.7 Å². The molecule has 0 bridgehead atoms. The van der Waals surface area contributed by atoms with E-state index in [1.807, 2.05) is 25.1 Å². The van der Waals surface area contributed by atoms with Crippen molar-refractivity contribution in [2.75, 3.05) is 13.2 Å². The Balaban J connectivity index is 2.44. The summed E-state index contributed by atoms with van der Waals surface area (Å²) in [5.41, 5.74) is 1.16. The van der Waals surface area contributed by atoms with Crippen LogP contribution in [0.4, 0.5) is 0 Å². The van der Waals surface area contributed by atoms with Crippen LogP contribution in [-0.4, -0.2) is 19.3 Å². The van der Waals surface area contributed by atoms with E-state index in [2.05, 4.69) is 28.2 Å². The Morgan fingerprint density at radius 2 is 2.25 bits per heavy atom. The highest BCUT2D eigenvalue weighted by Crippen LogP contribution is 2.20. The first-order chi connectivity index (χ1) is 7.63. The first-order valence-corrected chi connectivity index (χ1v) is 6.55. The summed E-state index contributed by atoms with van der Waals surface area (Å²) in [7, 11) is 0. The van der Waals surface area contributed by atoms with Crippen LogP contribution < -0.4 is 5.32 Å². The quantitative estimate of drug-likeness (QED) is 0.867. The molecule has 1 rings (SSSR count). The van der Waals surface area contributed by atoms with Crippen LogP contribution in [0.2, 0.25) is 5.02 Å². The minimum atomic E-state index is 0.339. The number of halogens is 2. The van der Waals surface area contributed by atoms with E-state index in [0.717, 1.165) is 34.8 Å². The van der Waals surface area contributed by atoms with Crippen molar-refractivity contribution in [2.24, 2.45) is 0 Å². The van der Waals surface area contributed by atoms with E-state index >= 15 is 0 Å². The average molecular weight is 307 g/mol. The summed E-state index contributed by atoms with van der Waals surface area (Å²) in [4.78, 5) is 0. The van der Waals surface area contributed by atoms with Crippen LogP contribution in [0.5, 0.6) is 0 Å². The van der Waals surface area contributed by atoms with Gasteiger partial charge in [-0.2, -0.15) is 0 Å². The highest BCUT2D eigenvalue weighted by molar-refractivity contribution is 9.10.